The highest BCUT2D eigenvalue weighted by atomic mass is 19.1. The van der Waals surface area contributed by atoms with Crippen LogP contribution in [-0.4, -0.2) is 41.7 Å². The van der Waals surface area contributed by atoms with E-state index in [4.69, 9.17) is 9.47 Å². The third-order valence-electron chi connectivity index (χ3n) is 7.70. The molecule has 3 amide bonds. The first-order valence-corrected chi connectivity index (χ1v) is 15.5. The molecule has 5 rings (SSSR count). The first kappa shape index (κ1) is 32.7. The van der Waals surface area contributed by atoms with Crippen molar-refractivity contribution in [2.24, 2.45) is 0 Å². The molecule has 9 nitrogen and oxygen atoms in total. The van der Waals surface area contributed by atoms with E-state index in [0.717, 1.165) is 33.2 Å². The SMILES string of the molecule is CC(NC(=O)c1cc2ccc(-c3ccc(F)cc3)cc2[nH]1)[C@H](CCCNC(=O)OCc1ccccc1)NC(=O)OCc1ccccc1. The summed E-state index contributed by atoms with van der Waals surface area (Å²) in [4.78, 5) is 41.4. The van der Waals surface area contributed by atoms with Crippen LogP contribution in [0.15, 0.2) is 109 Å². The second kappa shape index (κ2) is 16.1. The third-order valence-corrected chi connectivity index (χ3v) is 7.70. The summed E-state index contributed by atoms with van der Waals surface area (Å²) in [5.74, 6) is -0.651. The minimum atomic E-state index is -0.617. The second-order valence-corrected chi connectivity index (χ2v) is 11.2. The van der Waals surface area contributed by atoms with Gasteiger partial charge in [-0.15, -0.1) is 0 Å². The van der Waals surface area contributed by atoms with Gasteiger partial charge in [0.1, 0.15) is 24.7 Å². The Morgan fingerprint density at radius 3 is 2.02 bits per heavy atom. The van der Waals surface area contributed by atoms with Crippen molar-refractivity contribution in [2.45, 2.75) is 45.1 Å². The quantitative estimate of drug-likeness (QED) is 0.103. The van der Waals surface area contributed by atoms with Crippen molar-refractivity contribution < 1.29 is 28.2 Å². The zero-order chi connectivity index (χ0) is 33.0. The van der Waals surface area contributed by atoms with Crippen molar-refractivity contribution >= 4 is 29.0 Å². The average molecular weight is 637 g/mol. The fourth-order valence-corrected chi connectivity index (χ4v) is 5.11. The Hall–Kier alpha value is -5.64. The van der Waals surface area contributed by atoms with Gasteiger partial charge >= 0.3 is 12.2 Å². The summed E-state index contributed by atoms with van der Waals surface area (Å²) in [6.07, 6.45) is -0.213. The highest BCUT2D eigenvalue weighted by Crippen LogP contribution is 2.25. The maximum atomic E-state index is 13.4. The van der Waals surface area contributed by atoms with Gasteiger partial charge < -0.3 is 30.4 Å². The van der Waals surface area contributed by atoms with Gasteiger partial charge in [-0.3, -0.25) is 4.79 Å². The molecule has 4 aromatic carbocycles. The number of carbonyl (C=O) groups excluding carboxylic acids is 3. The molecule has 4 N–H and O–H groups in total. The number of halogens is 1. The van der Waals surface area contributed by atoms with Crippen LogP contribution in [0.4, 0.5) is 14.0 Å². The lowest BCUT2D eigenvalue weighted by Gasteiger charge is -2.26. The van der Waals surface area contributed by atoms with E-state index in [0.29, 0.717) is 25.1 Å². The number of nitrogens with one attached hydrogen (secondary N) is 4. The van der Waals surface area contributed by atoms with E-state index in [-0.39, 0.29) is 24.9 Å². The maximum absolute atomic E-state index is 13.4. The number of amides is 3. The first-order chi connectivity index (χ1) is 22.8. The molecule has 2 atom stereocenters. The molecule has 0 saturated heterocycles. The molecule has 0 aliphatic rings. The smallest absolute Gasteiger partial charge is 0.407 e. The number of benzene rings is 4. The number of hydrogen-bond donors (Lipinski definition) is 4. The van der Waals surface area contributed by atoms with Crippen molar-refractivity contribution in [3.05, 3.63) is 132 Å². The average Bonchev–Trinajstić information content (AvgIpc) is 3.53. The number of aromatic nitrogens is 1. The van der Waals surface area contributed by atoms with E-state index >= 15 is 0 Å². The highest BCUT2D eigenvalue weighted by Gasteiger charge is 2.23. The number of H-pyrrole nitrogens is 1. The standard InChI is InChI=1S/C37H37FN4O5/c1-25(40-35(43)34-22-30-15-14-29(21-33(30)41-34)28-16-18-31(38)19-17-28)32(42-37(45)47-24-27-11-6-3-7-12-27)13-8-20-39-36(44)46-23-26-9-4-2-5-10-26/h2-7,9-12,14-19,21-22,25,32,41H,8,13,20,23-24H2,1H3,(H,39,44)(H,40,43)(H,42,45)/t25?,32-/m0/s1. The Morgan fingerprint density at radius 1 is 0.745 bits per heavy atom. The Labute approximate surface area is 272 Å². The van der Waals surface area contributed by atoms with Crippen molar-refractivity contribution in [3.63, 3.8) is 0 Å². The number of fused-ring (bicyclic) bond motifs is 1. The van der Waals surface area contributed by atoms with Gasteiger partial charge in [-0.2, -0.15) is 0 Å². The van der Waals surface area contributed by atoms with E-state index in [1.807, 2.05) is 78.9 Å². The van der Waals surface area contributed by atoms with Gasteiger partial charge in [-0.1, -0.05) is 84.9 Å². The van der Waals surface area contributed by atoms with Gasteiger partial charge in [0.25, 0.3) is 5.91 Å². The third kappa shape index (κ3) is 9.67. The van der Waals surface area contributed by atoms with Crippen LogP contribution in [0, 0.1) is 5.82 Å². The van der Waals surface area contributed by atoms with Crippen LogP contribution >= 0.6 is 0 Å². The summed E-state index contributed by atoms with van der Waals surface area (Å²) in [7, 11) is 0. The fourth-order valence-electron chi connectivity index (χ4n) is 5.11. The Morgan fingerprint density at radius 2 is 1.36 bits per heavy atom. The van der Waals surface area contributed by atoms with Crippen LogP contribution < -0.4 is 16.0 Å². The van der Waals surface area contributed by atoms with Crippen LogP contribution in [0.1, 0.15) is 41.4 Å². The lowest BCUT2D eigenvalue weighted by atomic mass is 10.0. The van der Waals surface area contributed by atoms with Crippen molar-refractivity contribution in [1.29, 1.82) is 0 Å². The lowest BCUT2D eigenvalue weighted by Crippen LogP contribution is -2.50. The topological polar surface area (TPSA) is 122 Å². The summed E-state index contributed by atoms with van der Waals surface area (Å²) in [6, 6.07) is 31.4. The summed E-state index contributed by atoms with van der Waals surface area (Å²) < 4.78 is 24.1. The first-order valence-electron chi connectivity index (χ1n) is 15.5. The van der Waals surface area contributed by atoms with Gasteiger partial charge in [-0.05, 0) is 66.3 Å². The molecule has 5 aromatic rings. The van der Waals surface area contributed by atoms with Crippen molar-refractivity contribution in [1.82, 2.24) is 20.9 Å². The minimum absolute atomic E-state index is 0.101. The highest BCUT2D eigenvalue weighted by molar-refractivity contribution is 5.99. The molecule has 0 radical (unpaired) electrons. The van der Waals surface area contributed by atoms with Crippen LogP contribution in [-0.2, 0) is 22.7 Å². The normalized spacial score (nSPS) is 12.1. The van der Waals surface area contributed by atoms with E-state index in [1.54, 1.807) is 25.1 Å². The summed E-state index contributed by atoms with van der Waals surface area (Å²) in [6.45, 7) is 2.37. The minimum Gasteiger partial charge on any atom is -0.445 e. The molecule has 1 aromatic heterocycles. The number of hydrogen-bond acceptors (Lipinski definition) is 5. The second-order valence-electron chi connectivity index (χ2n) is 11.2. The predicted molar refractivity (Wildman–Crippen MR) is 178 cm³/mol. The van der Waals surface area contributed by atoms with E-state index in [1.165, 1.54) is 12.1 Å². The van der Waals surface area contributed by atoms with Gasteiger partial charge in [0.2, 0.25) is 0 Å². The van der Waals surface area contributed by atoms with Crippen molar-refractivity contribution in [3.8, 4) is 11.1 Å². The molecule has 0 aliphatic heterocycles. The largest absolute Gasteiger partial charge is 0.445 e. The van der Waals surface area contributed by atoms with E-state index in [9.17, 15) is 18.8 Å². The molecule has 47 heavy (non-hydrogen) atoms. The number of aromatic amines is 1. The number of rotatable bonds is 13. The monoisotopic (exact) mass is 636 g/mol. The van der Waals surface area contributed by atoms with Gasteiger partial charge in [0.05, 0.1) is 6.04 Å². The Balaban J connectivity index is 1.18. The molecule has 0 fully saturated rings. The maximum Gasteiger partial charge on any atom is 0.407 e. The summed E-state index contributed by atoms with van der Waals surface area (Å²) in [5.41, 5.74) is 4.59. The molecule has 1 unspecified atom stereocenters. The van der Waals surface area contributed by atoms with E-state index in [2.05, 4.69) is 20.9 Å². The van der Waals surface area contributed by atoms with Gasteiger partial charge in [0.15, 0.2) is 0 Å². The molecule has 0 bridgehead atoms. The number of ether oxygens (including phenoxy) is 2. The molecule has 10 heteroatoms. The number of carbonyl (C=O) groups is 3. The zero-order valence-electron chi connectivity index (χ0n) is 26.0. The lowest BCUT2D eigenvalue weighted by molar-refractivity contribution is 0.0918. The molecule has 0 saturated carbocycles. The molecule has 0 spiro atoms. The summed E-state index contributed by atoms with van der Waals surface area (Å²) in [5, 5.41) is 9.44. The van der Waals surface area contributed by atoms with Gasteiger partial charge in [0, 0.05) is 23.5 Å². The Kier molecular flexibility index (Phi) is 11.2. The molecule has 1 heterocycles. The predicted octanol–water partition coefficient (Wildman–Crippen LogP) is 7.09. The van der Waals surface area contributed by atoms with Crippen LogP contribution in [0.5, 0.6) is 0 Å². The van der Waals surface area contributed by atoms with Crippen LogP contribution in [0.3, 0.4) is 0 Å². The Bertz CT molecular complexity index is 1780. The van der Waals surface area contributed by atoms with Crippen LogP contribution in [0.25, 0.3) is 22.0 Å². The molecule has 242 valence electrons. The molecular formula is C37H37FN4O5. The fraction of sp³-hybridized carbons (Fsp3) is 0.216. The molecular weight excluding hydrogens is 599 g/mol. The summed E-state index contributed by atoms with van der Waals surface area (Å²) >= 11 is 0. The van der Waals surface area contributed by atoms with Gasteiger partial charge in [-0.25, -0.2) is 14.0 Å². The van der Waals surface area contributed by atoms with E-state index < -0.39 is 24.3 Å². The molecule has 0 aliphatic carbocycles. The zero-order valence-corrected chi connectivity index (χ0v) is 26.0. The van der Waals surface area contributed by atoms with Crippen LogP contribution in [0.2, 0.25) is 0 Å². The number of alkyl carbamates (subject to hydrolysis) is 2. The van der Waals surface area contributed by atoms with Crippen molar-refractivity contribution in [2.75, 3.05) is 6.54 Å².